The van der Waals surface area contributed by atoms with Gasteiger partial charge in [0.25, 0.3) is 15.9 Å². The average Bonchev–Trinajstić information content (AvgIpc) is 3.28. The molecule has 4 rings (SSSR count). The number of amidine groups is 1. The number of para-hydroxylation sites is 1. The summed E-state index contributed by atoms with van der Waals surface area (Å²) in [6, 6.07) is 21.7. The highest BCUT2D eigenvalue weighted by Crippen LogP contribution is 2.26. The van der Waals surface area contributed by atoms with Gasteiger partial charge in [0, 0.05) is 23.7 Å². The van der Waals surface area contributed by atoms with E-state index in [1.165, 1.54) is 25.4 Å². The zero-order chi connectivity index (χ0) is 25.0. The monoisotopic (exact) mass is 490 g/mol. The van der Waals surface area contributed by atoms with E-state index in [1.54, 1.807) is 66.7 Å². The van der Waals surface area contributed by atoms with E-state index >= 15 is 0 Å². The van der Waals surface area contributed by atoms with Crippen LogP contribution in [-0.2, 0) is 21.3 Å². The Morgan fingerprint density at radius 2 is 1.63 bits per heavy atom. The third-order valence-corrected chi connectivity index (χ3v) is 7.00. The summed E-state index contributed by atoms with van der Waals surface area (Å²) < 4.78 is 32.0. The number of benzene rings is 3. The largest absolute Gasteiger partial charge is 0.451 e. The van der Waals surface area contributed by atoms with Crippen LogP contribution in [0.4, 0.5) is 4.79 Å². The van der Waals surface area contributed by atoms with Crippen molar-refractivity contribution < 1.29 is 22.7 Å². The van der Waals surface area contributed by atoms with Gasteiger partial charge in [0.15, 0.2) is 0 Å². The fourth-order valence-electron chi connectivity index (χ4n) is 3.52. The Bertz CT molecular complexity index is 1530. The van der Waals surface area contributed by atoms with Gasteiger partial charge in [-0.3, -0.25) is 4.79 Å². The molecule has 0 aliphatic rings. The lowest BCUT2D eigenvalue weighted by Gasteiger charge is -2.07. The number of nitrogens with one attached hydrogen (secondary N) is 1. The Balaban J connectivity index is 1.57. The number of carbonyl (C=O) groups excluding carboxylic acids is 2. The van der Waals surface area contributed by atoms with E-state index in [0.29, 0.717) is 16.5 Å². The maximum absolute atomic E-state index is 13.2. The van der Waals surface area contributed by atoms with Crippen molar-refractivity contribution in [2.75, 3.05) is 7.11 Å². The van der Waals surface area contributed by atoms with Crippen LogP contribution in [0.15, 0.2) is 94.9 Å². The fourth-order valence-corrected chi connectivity index (χ4v) is 4.91. The molecule has 4 aromatic rings. The van der Waals surface area contributed by atoms with Crippen molar-refractivity contribution in [3.63, 3.8) is 0 Å². The van der Waals surface area contributed by atoms with E-state index in [1.807, 2.05) is 0 Å². The molecule has 0 unspecified atom stereocenters. The van der Waals surface area contributed by atoms with Gasteiger partial charge in [0.05, 0.1) is 23.1 Å². The van der Waals surface area contributed by atoms with E-state index in [4.69, 9.17) is 5.73 Å². The van der Waals surface area contributed by atoms with E-state index in [9.17, 15) is 18.0 Å². The maximum atomic E-state index is 13.2. The first kappa shape index (κ1) is 23.7. The van der Waals surface area contributed by atoms with Crippen LogP contribution in [0.2, 0.25) is 0 Å². The minimum Gasteiger partial charge on any atom is -0.451 e. The van der Waals surface area contributed by atoms with Gasteiger partial charge >= 0.3 is 6.09 Å². The van der Waals surface area contributed by atoms with Crippen molar-refractivity contribution in [1.82, 2.24) is 9.29 Å². The Labute approximate surface area is 201 Å². The topological polar surface area (TPSA) is 133 Å². The van der Waals surface area contributed by atoms with Crippen molar-refractivity contribution in [3.8, 4) is 0 Å². The summed E-state index contributed by atoms with van der Waals surface area (Å²) in [6.07, 6.45) is 0.544. The van der Waals surface area contributed by atoms with Crippen LogP contribution in [0.25, 0.3) is 10.9 Å². The lowest BCUT2D eigenvalue weighted by atomic mass is 10.1. The van der Waals surface area contributed by atoms with E-state index in [0.717, 1.165) is 9.54 Å². The highest BCUT2D eigenvalue weighted by atomic mass is 32.2. The van der Waals surface area contributed by atoms with Crippen LogP contribution in [0.3, 0.4) is 0 Å². The molecule has 0 atom stereocenters. The van der Waals surface area contributed by atoms with Crippen molar-refractivity contribution in [3.05, 3.63) is 102 Å². The molecule has 0 fully saturated rings. The minimum absolute atomic E-state index is 0.0138. The second kappa shape index (κ2) is 9.82. The van der Waals surface area contributed by atoms with E-state index in [2.05, 4.69) is 15.0 Å². The van der Waals surface area contributed by atoms with Crippen LogP contribution in [-0.4, -0.2) is 37.3 Å². The molecule has 3 aromatic carbocycles. The number of hydrogen-bond acceptors (Lipinski definition) is 5. The van der Waals surface area contributed by atoms with Gasteiger partial charge in [-0.2, -0.15) is 4.99 Å². The first-order chi connectivity index (χ1) is 16.8. The first-order valence-corrected chi connectivity index (χ1v) is 12.0. The molecule has 178 valence electrons. The highest BCUT2D eigenvalue weighted by molar-refractivity contribution is 7.90. The van der Waals surface area contributed by atoms with Crippen molar-refractivity contribution in [2.24, 2.45) is 10.7 Å². The van der Waals surface area contributed by atoms with Gasteiger partial charge in [0.2, 0.25) is 0 Å². The summed E-state index contributed by atoms with van der Waals surface area (Å²) in [7, 11) is -2.68. The van der Waals surface area contributed by atoms with Crippen LogP contribution in [0.5, 0.6) is 0 Å². The number of carbonyl (C=O) groups is 2. The molecule has 0 aliphatic heterocycles. The van der Waals surface area contributed by atoms with E-state index < -0.39 is 22.0 Å². The highest BCUT2D eigenvalue weighted by Gasteiger charge is 2.23. The SMILES string of the molecule is COC(=O)N=C(N)c1ccc(CNC(=O)c2cn(S(=O)(=O)c3ccccc3)c3ccccc23)cc1. The second-order valence-electron chi connectivity index (χ2n) is 7.52. The van der Waals surface area contributed by atoms with Crippen LogP contribution in [0, 0.1) is 0 Å². The molecule has 0 aliphatic carbocycles. The van der Waals surface area contributed by atoms with Crippen molar-refractivity contribution in [1.29, 1.82) is 0 Å². The number of methoxy groups -OCH3 is 1. The number of nitrogens with zero attached hydrogens (tertiary/aromatic N) is 2. The molecule has 3 N–H and O–H groups in total. The molecule has 0 spiro atoms. The van der Waals surface area contributed by atoms with Gasteiger partial charge in [-0.05, 0) is 23.8 Å². The van der Waals surface area contributed by atoms with E-state index in [-0.39, 0.29) is 22.8 Å². The van der Waals surface area contributed by atoms with Crippen LogP contribution >= 0.6 is 0 Å². The molecule has 0 bridgehead atoms. The molecule has 0 saturated heterocycles. The number of aromatic nitrogens is 1. The number of nitrogens with two attached hydrogens (primary N) is 1. The minimum atomic E-state index is -3.89. The predicted octanol–water partition coefficient (Wildman–Crippen LogP) is 3.28. The summed E-state index contributed by atoms with van der Waals surface area (Å²) in [5, 5.41) is 3.34. The van der Waals surface area contributed by atoms with Gasteiger partial charge in [-0.25, -0.2) is 17.2 Å². The van der Waals surface area contributed by atoms with Crippen LogP contribution in [0.1, 0.15) is 21.5 Å². The zero-order valence-electron chi connectivity index (χ0n) is 18.7. The Kier molecular flexibility index (Phi) is 6.65. The molecule has 0 saturated carbocycles. The third kappa shape index (κ3) is 4.92. The van der Waals surface area contributed by atoms with Crippen molar-refractivity contribution in [2.45, 2.75) is 11.4 Å². The van der Waals surface area contributed by atoms with Gasteiger partial charge in [-0.15, -0.1) is 0 Å². The molecule has 1 heterocycles. The summed E-state index contributed by atoms with van der Waals surface area (Å²) in [5.41, 5.74) is 7.73. The number of ether oxygens (including phenoxy) is 1. The normalized spacial score (nSPS) is 11.9. The maximum Gasteiger partial charge on any atom is 0.435 e. The van der Waals surface area contributed by atoms with Gasteiger partial charge < -0.3 is 15.8 Å². The molecule has 1 aromatic heterocycles. The zero-order valence-corrected chi connectivity index (χ0v) is 19.5. The summed E-state index contributed by atoms with van der Waals surface area (Å²) in [5.74, 6) is -0.404. The fraction of sp³-hybridized carbons (Fsp3) is 0.0800. The quantitative estimate of drug-likeness (QED) is 0.315. The smallest absolute Gasteiger partial charge is 0.435 e. The lowest BCUT2D eigenvalue weighted by molar-refractivity contribution is 0.0952. The number of amides is 2. The predicted molar refractivity (Wildman–Crippen MR) is 132 cm³/mol. The summed E-state index contributed by atoms with van der Waals surface area (Å²) in [4.78, 5) is 28.0. The summed E-state index contributed by atoms with van der Waals surface area (Å²) >= 11 is 0. The molecule has 10 heteroatoms. The average molecular weight is 491 g/mol. The Hall–Kier alpha value is -4.44. The Morgan fingerprint density at radius 3 is 2.31 bits per heavy atom. The molecular weight excluding hydrogens is 468 g/mol. The second-order valence-corrected chi connectivity index (χ2v) is 9.34. The Morgan fingerprint density at radius 1 is 0.971 bits per heavy atom. The van der Waals surface area contributed by atoms with Crippen molar-refractivity contribution >= 4 is 38.8 Å². The van der Waals surface area contributed by atoms with Gasteiger partial charge in [0.1, 0.15) is 5.84 Å². The molecule has 2 amide bonds. The van der Waals surface area contributed by atoms with Gasteiger partial charge in [-0.1, -0.05) is 60.7 Å². The molecule has 0 radical (unpaired) electrons. The standard InChI is InChI=1S/C25H22N4O5S/c1-34-25(31)28-23(26)18-13-11-17(12-14-18)15-27-24(30)21-16-29(22-10-6-5-9-20(21)22)35(32,33)19-7-3-2-4-8-19/h2-14,16H,15H2,1H3,(H,27,30)(H2,26,28,31). The summed E-state index contributed by atoms with van der Waals surface area (Å²) in [6.45, 7) is 0.193. The third-order valence-electron chi connectivity index (χ3n) is 5.31. The first-order valence-electron chi connectivity index (χ1n) is 10.5. The number of rotatable bonds is 6. The molecule has 9 nitrogen and oxygen atoms in total. The van der Waals surface area contributed by atoms with Crippen LogP contribution < -0.4 is 11.1 Å². The number of hydrogen-bond donors (Lipinski definition) is 2. The number of aliphatic imine (C=N–C) groups is 1. The lowest BCUT2D eigenvalue weighted by Crippen LogP contribution is -2.23. The number of fused-ring (bicyclic) bond motifs is 1. The molecular formula is C25H22N4O5S. The molecule has 35 heavy (non-hydrogen) atoms.